The molecule has 3 atom stereocenters. The number of ether oxygens (including phenoxy) is 1. The number of halogens is 3. The molecule has 0 unspecified atom stereocenters. The van der Waals surface area contributed by atoms with Gasteiger partial charge in [-0.05, 0) is 74.4 Å². The lowest BCUT2D eigenvalue weighted by atomic mass is 9.89. The van der Waals surface area contributed by atoms with Crippen LogP contribution in [0.5, 0.6) is 5.88 Å². The molecule has 7 heterocycles. The zero-order valence-corrected chi connectivity index (χ0v) is 35.4. The van der Waals surface area contributed by atoms with Crippen molar-refractivity contribution in [3.05, 3.63) is 82.4 Å². The highest BCUT2D eigenvalue weighted by Gasteiger charge is 2.37. The number of imide groups is 1. The minimum atomic E-state index is -1.08. The molecule has 5 aliphatic rings. The Morgan fingerprint density at radius 3 is 2.46 bits per heavy atom. The van der Waals surface area contributed by atoms with Crippen LogP contribution in [0.3, 0.4) is 0 Å². The number of benzene rings is 2. The zero-order chi connectivity index (χ0) is 44.1. The van der Waals surface area contributed by atoms with Gasteiger partial charge in [0.25, 0.3) is 5.91 Å². The molecule has 0 aliphatic carbocycles. The zero-order valence-electron chi connectivity index (χ0n) is 35.4. The molecule has 4 amide bonds. The Labute approximate surface area is 362 Å². The molecule has 0 spiro atoms. The molecule has 2 aromatic carbocycles. The standard InChI is InChI=1S/C45H49F3N10O5/c1-25-5-4-16-63-44-32(21-49-54(44)3)40-39(48)31(17-26(2)50-40)42(61)53-45-51-35-8-6-27(18-36(35)58(45)22-25)23-55-12-14-56(15-13-55)43(62)28-10-11-57(24-28)29-19-33(46)38(34(47)20-29)30-7-9-37(59)52-41(30)60/h6,8,17-21,25,28,30H,4-5,7,9-16,22-24H2,1-3H3,(H,51,53,61)(H,52,59,60)/t25-,28-,30-/m1/s1. The lowest BCUT2D eigenvalue weighted by Crippen LogP contribution is -2.50. The highest BCUT2D eigenvalue weighted by atomic mass is 19.1. The van der Waals surface area contributed by atoms with E-state index in [4.69, 9.17) is 4.74 Å². The molecule has 4 aromatic rings. The fourth-order valence-corrected chi connectivity index (χ4v) is 9.39. The predicted molar refractivity (Wildman–Crippen MR) is 228 cm³/mol. The smallest absolute Gasteiger partial charge is 0.283 e. The Bertz CT molecular complexity index is 2510. The van der Waals surface area contributed by atoms with Gasteiger partial charge in [0.1, 0.15) is 17.3 Å². The van der Waals surface area contributed by atoms with Gasteiger partial charge in [-0.15, -0.1) is 0 Å². The van der Waals surface area contributed by atoms with Crippen molar-refractivity contribution in [2.45, 2.75) is 58.4 Å². The van der Waals surface area contributed by atoms with Gasteiger partial charge in [0.2, 0.25) is 29.6 Å². The summed E-state index contributed by atoms with van der Waals surface area (Å²) in [5.41, 5.74) is 3.26. The molecule has 2 aromatic heterocycles. The number of guanidine groups is 1. The van der Waals surface area contributed by atoms with Crippen molar-refractivity contribution >= 4 is 46.7 Å². The van der Waals surface area contributed by atoms with Crippen molar-refractivity contribution < 1.29 is 37.1 Å². The molecule has 3 fully saturated rings. The molecule has 9 rings (SSSR count). The summed E-state index contributed by atoms with van der Waals surface area (Å²) in [6.07, 6.45) is 3.64. The third kappa shape index (κ3) is 8.35. The molecular weight excluding hydrogens is 818 g/mol. The van der Waals surface area contributed by atoms with Crippen LogP contribution in [-0.4, -0.2) is 107 Å². The second kappa shape index (κ2) is 17.1. The Kier molecular flexibility index (Phi) is 11.4. The number of nitrogens with one attached hydrogen (secondary N) is 2. The van der Waals surface area contributed by atoms with E-state index in [1.54, 1.807) is 18.9 Å². The van der Waals surface area contributed by atoms with E-state index in [0.29, 0.717) is 94.2 Å². The Hall–Kier alpha value is -6.30. The number of rotatable bonds is 5. The van der Waals surface area contributed by atoms with Gasteiger partial charge in [-0.1, -0.05) is 13.0 Å². The molecule has 5 aliphatic heterocycles. The summed E-state index contributed by atoms with van der Waals surface area (Å²) in [6.45, 7) is 8.55. The van der Waals surface area contributed by atoms with E-state index in [1.165, 1.54) is 29.1 Å². The fourth-order valence-electron chi connectivity index (χ4n) is 9.39. The maximum absolute atomic E-state index is 16.1. The van der Waals surface area contributed by atoms with Crippen LogP contribution in [0.15, 0.2) is 47.6 Å². The highest BCUT2D eigenvalue weighted by Crippen LogP contribution is 2.38. The second-order valence-corrected chi connectivity index (χ2v) is 17.2. The monoisotopic (exact) mass is 866 g/mol. The van der Waals surface area contributed by atoms with Gasteiger partial charge in [0, 0.05) is 82.8 Å². The molecule has 330 valence electrons. The van der Waals surface area contributed by atoms with Crippen LogP contribution in [0, 0.1) is 36.2 Å². The van der Waals surface area contributed by atoms with E-state index in [0.717, 1.165) is 29.8 Å². The largest absolute Gasteiger partial charge is 0.477 e. The predicted octanol–water partition coefficient (Wildman–Crippen LogP) is 5.14. The van der Waals surface area contributed by atoms with Gasteiger partial charge >= 0.3 is 0 Å². The summed E-state index contributed by atoms with van der Waals surface area (Å²) < 4.78 is 54.4. The molecule has 0 radical (unpaired) electrons. The van der Waals surface area contributed by atoms with Gasteiger partial charge in [0.15, 0.2) is 5.82 Å². The Morgan fingerprint density at radius 2 is 1.70 bits per heavy atom. The molecule has 15 nitrogen and oxygen atoms in total. The van der Waals surface area contributed by atoms with Crippen LogP contribution in [0.25, 0.3) is 11.3 Å². The molecule has 63 heavy (non-hydrogen) atoms. The number of anilines is 3. The average molecular weight is 867 g/mol. The summed E-state index contributed by atoms with van der Waals surface area (Å²) in [7, 11) is 1.72. The molecule has 0 saturated carbocycles. The van der Waals surface area contributed by atoms with Gasteiger partial charge in [-0.25, -0.2) is 22.8 Å². The first kappa shape index (κ1) is 42.0. The minimum Gasteiger partial charge on any atom is -0.477 e. The van der Waals surface area contributed by atoms with E-state index < -0.39 is 41.1 Å². The van der Waals surface area contributed by atoms with Crippen molar-refractivity contribution in [1.82, 2.24) is 29.9 Å². The van der Waals surface area contributed by atoms with E-state index >= 15 is 13.2 Å². The first-order valence-electron chi connectivity index (χ1n) is 21.5. The number of pyridine rings is 1. The SMILES string of the molecule is Cc1cc2c(F)c(n1)-c1cnn(C)c1OCCC[C@@H](C)CN1/C(=N/C2=O)Nc2ccc(CN3CCN(C(=O)[C@@H]4CCN(c5cc(F)c([C@H]6CCC(=O)NC6=O)c(F)c5)C4)CC3)cc21. The van der Waals surface area contributed by atoms with Crippen molar-refractivity contribution in [1.29, 1.82) is 0 Å². The topological polar surface area (TPSA) is 158 Å². The number of aromatic nitrogens is 3. The molecular formula is C45H49F3N10O5. The van der Waals surface area contributed by atoms with E-state index in [2.05, 4.69) is 43.6 Å². The van der Waals surface area contributed by atoms with Crippen molar-refractivity contribution in [3.8, 4) is 17.1 Å². The molecule has 18 heteroatoms. The van der Waals surface area contributed by atoms with Crippen molar-refractivity contribution in [2.75, 3.05) is 67.5 Å². The van der Waals surface area contributed by atoms with E-state index in [-0.39, 0.29) is 47.4 Å². The van der Waals surface area contributed by atoms with Gasteiger partial charge in [-0.3, -0.25) is 29.4 Å². The summed E-state index contributed by atoms with van der Waals surface area (Å²) in [6, 6.07) is 9.91. The van der Waals surface area contributed by atoms with Gasteiger partial charge < -0.3 is 24.8 Å². The van der Waals surface area contributed by atoms with E-state index in [1.807, 2.05) is 21.9 Å². The second-order valence-electron chi connectivity index (χ2n) is 17.2. The van der Waals surface area contributed by atoms with Crippen LogP contribution < -0.4 is 25.2 Å². The number of carbonyl (C=O) groups excluding carboxylic acids is 4. The number of amides is 4. The van der Waals surface area contributed by atoms with Crippen LogP contribution in [0.2, 0.25) is 0 Å². The first-order chi connectivity index (χ1) is 30.3. The molecule has 2 N–H and O–H groups in total. The number of piperazine rings is 1. The lowest BCUT2D eigenvalue weighted by molar-refractivity contribution is -0.137. The maximum atomic E-state index is 16.1. The number of hydrogen-bond donors (Lipinski definition) is 2. The van der Waals surface area contributed by atoms with Crippen LogP contribution >= 0.6 is 0 Å². The Morgan fingerprint density at radius 1 is 0.921 bits per heavy atom. The Balaban J connectivity index is 0.849. The molecule has 3 saturated heterocycles. The summed E-state index contributed by atoms with van der Waals surface area (Å²) in [5, 5.41) is 9.74. The quantitative estimate of drug-likeness (QED) is 0.256. The molecule has 2 bridgehead atoms. The van der Waals surface area contributed by atoms with E-state index in [9.17, 15) is 19.2 Å². The minimum absolute atomic E-state index is 0.0121. The average Bonchev–Trinajstić information content (AvgIpc) is 3.98. The first-order valence-corrected chi connectivity index (χ1v) is 21.5. The number of fused-ring (bicyclic) bond motifs is 7. The number of hydrogen-bond acceptors (Lipinski definition) is 11. The third-order valence-electron chi connectivity index (χ3n) is 12.7. The summed E-state index contributed by atoms with van der Waals surface area (Å²) >= 11 is 0. The fraction of sp³-hybridized carbons (Fsp3) is 0.444. The number of aliphatic imine (C=N–C) groups is 1. The lowest BCUT2D eigenvalue weighted by Gasteiger charge is -2.36. The van der Waals surface area contributed by atoms with Crippen molar-refractivity contribution in [3.63, 3.8) is 0 Å². The third-order valence-corrected chi connectivity index (χ3v) is 12.7. The number of carbonyl (C=O) groups is 4. The summed E-state index contributed by atoms with van der Waals surface area (Å²) in [5.74, 6) is -4.90. The normalized spacial score (nSPS) is 22.8. The van der Waals surface area contributed by atoms with Gasteiger partial charge in [-0.2, -0.15) is 10.1 Å². The highest BCUT2D eigenvalue weighted by molar-refractivity contribution is 6.19. The number of piperidine rings is 1. The number of nitrogens with zero attached hydrogens (tertiary/aromatic N) is 8. The van der Waals surface area contributed by atoms with Crippen LogP contribution in [-0.2, 0) is 28.0 Å². The number of aryl methyl sites for hydroxylation is 2. The maximum Gasteiger partial charge on any atom is 0.283 e. The van der Waals surface area contributed by atoms with Crippen LogP contribution in [0.4, 0.5) is 30.2 Å². The summed E-state index contributed by atoms with van der Waals surface area (Å²) in [4.78, 5) is 68.2. The van der Waals surface area contributed by atoms with Crippen LogP contribution in [0.1, 0.15) is 72.1 Å². The van der Waals surface area contributed by atoms with Crippen molar-refractivity contribution in [2.24, 2.45) is 23.9 Å². The van der Waals surface area contributed by atoms with Gasteiger partial charge in [0.05, 0.1) is 47.1 Å².